The van der Waals surface area contributed by atoms with Gasteiger partial charge in [0.1, 0.15) is 0 Å². The first kappa shape index (κ1) is 18.8. The number of ether oxygens (including phenoxy) is 2. The molecule has 0 unspecified atom stereocenters. The van der Waals surface area contributed by atoms with Gasteiger partial charge in [0.2, 0.25) is 6.79 Å². The lowest BCUT2D eigenvalue weighted by Gasteiger charge is -2.32. The second-order valence-electron chi connectivity index (χ2n) is 6.89. The van der Waals surface area contributed by atoms with Crippen molar-refractivity contribution in [3.05, 3.63) is 23.8 Å². The topological polar surface area (TPSA) is 61.4 Å². The molecule has 0 aliphatic carbocycles. The summed E-state index contributed by atoms with van der Waals surface area (Å²) in [6.45, 7) is 7.92. The first-order valence-electron chi connectivity index (χ1n) is 9.48. The van der Waals surface area contributed by atoms with Crippen LogP contribution in [0.5, 0.6) is 11.5 Å². The highest BCUT2D eigenvalue weighted by molar-refractivity contribution is 5.79. The molecule has 0 aromatic heterocycles. The molecule has 0 spiro atoms. The van der Waals surface area contributed by atoms with Gasteiger partial charge in [-0.3, -0.25) is 4.99 Å². The van der Waals surface area contributed by atoms with Crippen molar-refractivity contribution in [2.45, 2.75) is 19.4 Å². The van der Waals surface area contributed by atoms with Gasteiger partial charge in [-0.05, 0) is 44.1 Å². The van der Waals surface area contributed by atoms with Crippen molar-refractivity contribution in [3.63, 3.8) is 0 Å². The molecule has 1 fully saturated rings. The molecule has 2 aliphatic heterocycles. The number of unbranched alkanes of at least 4 members (excludes halogenated alkanes) is 1. The van der Waals surface area contributed by atoms with E-state index in [1.54, 1.807) is 7.05 Å². The number of likely N-dealkylation sites (N-methyl/N-ethyl adjacent to an activating group) is 1. The summed E-state index contributed by atoms with van der Waals surface area (Å²) in [5.41, 5.74) is 1.15. The van der Waals surface area contributed by atoms with E-state index >= 15 is 0 Å². The molecular formula is C19H31N5O2. The van der Waals surface area contributed by atoms with Gasteiger partial charge in [0.15, 0.2) is 17.5 Å². The number of rotatable bonds is 7. The Hall–Kier alpha value is -1.99. The van der Waals surface area contributed by atoms with Crippen molar-refractivity contribution in [1.82, 2.24) is 20.4 Å². The lowest BCUT2D eigenvalue weighted by molar-refractivity contribution is 0.152. The van der Waals surface area contributed by atoms with Gasteiger partial charge in [0.25, 0.3) is 0 Å². The van der Waals surface area contributed by atoms with Crippen LogP contribution in [-0.2, 0) is 6.54 Å². The summed E-state index contributed by atoms with van der Waals surface area (Å²) in [6, 6.07) is 6.01. The van der Waals surface area contributed by atoms with Crippen LogP contribution in [-0.4, -0.2) is 75.9 Å². The third-order valence-electron chi connectivity index (χ3n) is 4.91. The van der Waals surface area contributed by atoms with Gasteiger partial charge in [-0.2, -0.15) is 0 Å². The maximum atomic E-state index is 5.42. The van der Waals surface area contributed by atoms with Gasteiger partial charge < -0.3 is 29.9 Å². The molecule has 2 N–H and O–H groups in total. The van der Waals surface area contributed by atoms with Gasteiger partial charge in [-0.1, -0.05) is 6.07 Å². The van der Waals surface area contributed by atoms with Crippen LogP contribution in [0.1, 0.15) is 18.4 Å². The number of nitrogens with zero attached hydrogens (tertiary/aromatic N) is 3. The maximum absolute atomic E-state index is 5.42. The molecule has 2 heterocycles. The summed E-state index contributed by atoms with van der Waals surface area (Å²) in [6.07, 6.45) is 2.37. The Balaban J connectivity index is 1.30. The minimum Gasteiger partial charge on any atom is -0.454 e. The van der Waals surface area contributed by atoms with Gasteiger partial charge in [-0.25, -0.2) is 0 Å². The van der Waals surface area contributed by atoms with Crippen LogP contribution >= 0.6 is 0 Å². The van der Waals surface area contributed by atoms with Crippen LogP contribution in [0.2, 0.25) is 0 Å². The Morgan fingerprint density at radius 1 is 1.08 bits per heavy atom. The van der Waals surface area contributed by atoms with E-state index in [0.717, 1.165) is 36.0 Å². The SMILES string of the molecule is CN=C(NCCCCN1CCN(C)CC1)NCc1ccc2c(c1)OCO2. The first-order chi connectivity index (χ1) is 12.7. The molecule has 144 valence electrons. The minimum absolute atomic E-state index is 0.309. The Morgan fingerprint density at radius 2 is 1.88 bits per heavy atom. The van der Waals surface area contributed by atoms with E-state index in [1.807, 2.05) is 18.2 Å². The highest BCUT2D eigenvalue weighted by Gasteiger charge is 2.14. The summed E-state index contributed by atoms with van der Waals surface area (Å²) in [7, 11) is 4.00. The van der Waals surface area contributed by atoms with Crippen LogP contribution < -0.4 is 20.1 Å². The van der Waals surface area contributed by atoms with Crippen molar-refractivity contribution in [2.75, 3.05) is 60.2 Å². The van der Waals surface area contributed by atoms with Crippen molar-refractivity contribution < 1.29 is 9.47 Å². The van der Waals surface area contributed by atoms with Gasteiger partial charge in [-0.15, -0.1) is 0 Å². The predicted octanol–water partition coefficient (Wildman–Crippen LogP) is 1.11. The fourth-order valence-electron chi connectivity index (χ4n) is 3.20. The van der Waals surface area contributed by atoms with E-state index in [9.17, 15) is 0 Å². The monoisotopic (exact) mass is 361 g/mol. The fraction of sp³-hybridized carbons (Fsp3) is 0.632. The average molecular weight is 361 g/mol. The van der Waals surface area contributed by atoms with Crippen LogP contribution in [0.3, 0.4) is 0 Å². The number of fused-ring (bicyclic) bond motifs is 1. The number of piperazine rings is 1. The molecule has 7 nitrogen and oxygen atoms in total. The Morgan fingerprint density at radius 3 is 2.69 bits per heavy atom. The van der Waals surface area contributed by atoms with Crippen LogP contribution in [0, 0.1) is 0 Å². The van der Waals surface area contributed by atoms with Gasteiger partial charge in [0.05, 0.1) is 0 Å². The Kier molecular flexibility index (Phi) is 6.96. The number of hydrogen-bond donors (Lipinski definition) is 2. The summed E-state index contributed by atoms with van der Waals surface area (Å²) in [5.74, 6) is 2.47. The molecule has 26 heavy (non-hydrogen) atoms. The Labute approximate surface area is 156 Å². The van der Waals surface area contributed by atoms with E-state index in [1.165, 1.54) is 39.1 Å². The second kappa shape index (κ2) is 9.64. The highest BCUT2D eigenvalue weighted by Crippen LogP contribution is 2.32. The van der Waals surface area contributed by atoms with E-state index in [4.69, 9.17) is 9.47 Å². The molecule has 3 rings (SSSR count). The first-order valence-corrected chi connectivity index (χ1v) is 9.48. The largest absolute Gasteiger partial charge is 0.454 e. The quantitative estimate of drug-likeness (QED) is 0.431. The van der Waals surface area contributed by atoms with E-state index in [-0.39, 0.29) is 0 Å². The highest BCUT2D eigenvalue weighted by atomic mass is 16.7. The summed E-state index contributed by atoms with van der Waals surface area (Å²) in [4.78, 5) is 9.25. The van der Waals surface area contributed by atoms with Crippen molar-refractivity contribution in [1.29, 1.82) is 0 Å². The zero-order valence-corrected chi connectivity index (χ0v) is 16.0. The molecule has 1 aromatic rings. The predicted molar refractivity (Wildman–Crippen MR) is 104 cm³/mol. The number of benzene rings is 1. The molecule has 0 bridgehead atoms. The molecular weight excluding hydrogens is 330 g/mol. The summed E-state index contributed by atoms with van der Waals surface area (Å²) >= 11 is 0. The third-order valence-corrected chi connectivity index (χ3v) is 4.91. The normalized spacial score (nSPS) is 18.2. The third kappa shape index (κ3) is 5.51. The fourth-order valence-corrected chi connectivity index (χ4v) is 3.20. The molecule has 2 aliphatic rings. The standard InChI is InChI=1S/C19H31N5O2/c1-20-19(21-7-3-4-8-24-11-9-23(2)10-12-24)22-14-16-5-6-17-18(13-16)26-15-25-17/h5-6,13H,3-4,7-12,14-15H2,1-2H3,(H2,20,21,22). The number of aliphatic imine (C=N–C) groups is 1. The molecule has 0 amide bonds. The van der Waals surface area contributed by atoms with Crippen molar-refractivity contribution >= 4 is 5.96 Å². The van der Waals surface area contributed by atoms with Crippen molar-refractivity contribution in [3.8, 4) is 11.5 Å². The van der Waals surface area contributed by atoms with Crippen molar-refractivity contribution in [2.24, 2.45) is 4.99 Å². The van der Waals surface area contributed by atoms with E-state index < -0.39 is 0 Å². The lowest BCUT2D eigenvalue weighted by Crippen LogP contribution is -2.44. The minimum atomic E-state index is 0.309. The number of hydrogen-bond acceptors (Lipinski definition) is 5. The van der Waals surface area contributed by atoms with Gasteiger partial charge >= 0.3 is 0 Å². The molecule has 1 aromatic carbocycles. The Bertz CT molecular complexity index is 600. The van der Waals surface area contributed by atoms with Crippen LogP contribution in [0.25, 0.3) is 0 Å². The average Bonchev–Trinajstić information content (AvgIpc) is 3.13. The smallest absolute Gasteiger partial charge is 0.231 e. The maximum Gasteiger partial charge on any atom is 0.231 e. The lowest BCUT2D eigenvalue weighted by atomic mass is 10.2. The number of nitrogens with one attached hydrogen (secondary N) is 2. The number of guanidine groups is 1. The van der Waals surface area contributed by atoms with E-state index in [0.29, 0.717) is 13.3 Å². The van der Waals surface area contributed by atoms with E-state index in [2.05, 4.69) is 32.5 Å². The molecule has 0 atom stereocenters. The summed E-state index contributed by atoms with van der Waals surface area (Å²) in [5, 5.41) is 6.74. The van der Waals surface area contributed by atoms with Gasteiger partial charge in [0, 0.05) is 46.3 Å². The van der Waals surface area contributed by atoms with Crippen LogP contribution in [0.15, 0.2) is 23.2 Å². The molecule has 7 heteroatoms. The molecule has 1 saturated heterocycles. The second-order valence-corrected chi connectivity index (χ2v) is 6.89. The molecule has 0 saturated carbocycles. The molecule has 0 radical (unpaired) electrons. The van der Waals surface area contributed by atoms with Crippen LogP contribution in [0.4, 0.5) is 0 Å². The summed E-state index contributed by atoms with van der Waals surface area (Å²) < 4.78 is 10.8. The zero-order valence-electron chi connectivity index (χ0n) is 16.0. The zero-order chi connectivity index (χ0) is 18.2.